The van der Waals surface area contributed by atoms with Crippen molar-refractivity contribution in [1.82, 2.24) is 5.43 Å². The molecule has 0 bridgehead atoms. The third-order valence-electron chi connectivity index (χ3n) is 6.22. The molecule has 11 heteroatoms. The standard InChI is InChI=1S/C31H29ClN4O5S/c1-21-14-16-27(17-15-21)42(39,40)36(28-12-4-5-13-29(28)41-3)20-30(37)35-34-22(2)23-8-7-11-26(19-23)33-31(38)24-9-6-10-25(32)18-24/h4-19H,20H2,1-3H3,(H,33,38)(H,35,37)/b34-22+. The van der Waals surface area contributed by atoms with Crippen molar-refractivity contribution in [2.45, 2.75) is 18.7 Å². The molecule has 0 radical (unpaired) electrons. The molecule has 0 spiro atoms. The van der Waals surface area contributed by atoms with Gasteiger partial charge in [0, 0.05) is 16.3 Å². The van der Waals surface area contributed by atoms with Gasteiger partial charge in [-0.15, -0.1) is 0 Å². The monoisotopic (exact) mass is 604 g/mol. The Kier molecular flexibility index (Phi) is 9.61. The van der Waals surface area contributed by atoms with Crippen LogP contribution in [0.3, 0.4) is 0 Å². The lowest BCUT2D eigenvalue weighted by Crippen LogP contribution is -2.40. The van der Waals surface area contributed by atoms with Gasteiger partial charge in [0.2, 0.25) is 0 Å². The number of halogens is 1. The number of ether oxygens (including phenoxy) is 1. The third-order valence-corrected chi connectivity index (χ3v) is 8.23. The number of para-hydroxylation sites is 2. The van der Waals surface area contributed by atoms with Crippen LogP contribution in [0.15, 0.2) is 107 Å². The summed E-state index contributed by atoms with van der Waals surface area (Å²) in [4.78, 5) is 25.7. The molecule has 216 valence electrons. The Labute approximate surface area is 249 Å². The Morgan fingerprint density at radius 3 is 2.31 bits per heavy atom. The van der Waals surface area contributed by atoms with E-state index in [0.29, 0.717) is 27.5 Å². The van der Waals surface area contributed by atoms with E-state index in [9.17, 15) is 18.0 Å². The molecule has 42 heavy (non-hydrogen) atoms. The zero-order chi connectivity index (χ0) is 30.3. The van der Waals surface area contributed by atoms with E-state index in [0.717, 1.165) is 9.87 Å². The van der Waals surface area contributed by atoms with Crippen LogP contribution in [0, 0.1) is 6.92 Å². The molecule has 0 aliphatic rings. The topological polar surface area (TPSA) is 117 Å². The highest BCUT2D eigenvalue weighted by Crippen LogP contribution is 2.32. The molecule has 0 aromatic heterocycles. The summed E-state index contributed by atoms with van der Waals surface area (Å²) in [6, 6.07) is 26.4. The Morgan fingerprint density at radius 2 is 1.60 bits per heavy atom. The summed E-state index contributed by atoms with van der Waals surface area (Å²) in [6.45, 7) is 2.98. The number of methoxy groups -OCH3 is 1. The summed E-state index contributed by atoms with van der Waals surface area (Å²) in [5, 5.41) is 7.44. The Hall–Kier alpha value is -4.67. The van der Waals surface area contributed by atoms with Crippen molar-refractivity contribution in [3.63, 3.8) is 0 Å². The number of nitrogens with zero attached hydrogens (tertiary/aromatic N) is 2. The van der Waals surface area contributed by atoms with Crippen LogP contribution >= 0.6 is 11.6 Å². The second-order valence-corrected chi connectivity index (χ2v) is 11.6. The van der Waals surface area contributed by atoms with Gasteiger partial charge in [0.05, 0.1) is 23.4 Å². The predicted molar refractivity (Wildman–Crippen MR) is 165 cm³/mol. The minimum atomic E-state index is -4.14. The molecule has 9 nitrogen and oxygen atoms in total. The van der Waals surface area contributed by atoms with Gasteiger partial charge in [-0.3, -0.25) is 13.9 Å². The van der Waals surface area contributed by atoms with Gasteiger partial charge in [-0.05, 0) is 74.0 Å². The lowest BCUT2D eigenvalue weighted by atomic mass is 10.1. The van der Waals surface area contributed by atoms with Gasteiger partial charge in [-0.2, -0.15) is 5.10 Å². The molecule has 4 aromatic carbocycles. The number of amides is 2. The predicted octanol–water partition coefficient (Wildman–Crippen LogP) is 5.65. The van der Waals surface area contributed by atoms with Crippen molar-refractivity contribution in [1.29, 1.82) is 0 Å². The first-order chi connectivity index (χ1) is 20.1. The van der Waals surface area contributed by atoms with Crippen molar-refractivity contribution in [2.75, 3.05) is 23.3 Å². The molecule has 4 rings (SSSR count). The number of carbonyl (C=O) groups excluding carboxylic acids is 2. The van der Waals surface area contributed by atoms with E-state index in [1.165, 1.54) is 19.2 Å². The normalized spacial score (nSPS) is 11.5. The largest absolute Gasteiger partial charge is 0.495 e. The summed E-state index contributed by atoms with van der Waals surface area (Å²) >= 11 is 5.99. The van der Waals surface area contributed by atoms with Crippen molar-refractivity contribution in [2.24, 2.45) is 5.10 Å². The lowest BCUT2D eigenvalue weighted by molar-refractivity contribution is -0.119. The summed E-state index contributed by atoms with van der Waals surface area (Å²) in [5.74, 6) is -0.706. The average molecular weight is 605 g/mol. The maximum atomic E-state index is 13.7. The number of sulfonamides is 1. The molecular formula is C31H29ClN4O5S. The first-order valence-corrected chi connectivity index (χ1v) is 14.6. The van der Waals surface area contributed by atoms with Crippen molar-refractivity contribution >= 4 is 50.5 Å². The average Bonchev–Trinajstić information content (AvgIpc) is 2.99. The van der Waals surface area contributed by atoms with E-state index in [4.69, 9.17) is 16.3 Å². The van der Waals surface area contributed by atoms with Crippen LogP contribution in [-0.4, -0.2) is 39.6 Å². The van der Waals surface area contributed by atoms with Crippen LogP contribution in [0.4, 0.5) is 11.4 Å². The molecule has 0 atom stereocenters. The SMILES string of the molecule is COc1ccccc1N(CC(=O)N/N=C(\C)c1cccc(NC(=O)c2cccc(Cl)c2)c1)S(=O)(=O)c1ccc(C)cc1. The highest BCUT2D eigenvalue weighted by molar-refractivity contribution is 7.92. The third kappa shape index (κ3) is 7.34. The van der Waals surface area contributed by atoms with Gasteiger partial charge < -0.3 is 10.1 Å². The van der Waals surface area contributed by atoms with E-state index in [-0.39, 0.29) is 22.2 Å². The highest BCUT2D eigenvalue weighted by Gasteiger charge is 2.29. The van der Waals surface area contributed by atoms with Gasteiger partial charge in [-0.25, -0.2) is 13.8 Å². The number of benzene rings is 4. The lowest BCUT2D eigenvalue weighted by Gasteiger charge is -2.25. The minimum absolute atomic E-state index is 0.0307. The van der Waals surface area contributed by atoms with Crippen molar-refractivity contribution < 1.29 is 22.7 Å². The molecule has 0 saturated carbocycles. The molecule has 0 saturated heterocycles. The van der Waals surface area contributed by atoms with E-state index in [1.807, 2.05) is 6.92 Å². The molecule has 4 aromatic rings. The smallest absolute Gasteiger partial charge is 0.264 e. The number of hydrogen-bond donors (Lipinski definition) is 2. The molecule has 0 heterocycles. The van der Waals surface area contributed by atoms with Crippen LogP contribution in [0.25, 0.3) is 0 Å². The maximum absolute atomic E-state index is 13.7. The van der Waals surface area contributed by atoms with Crippen molar-refractivity contribution in [3.8, 4) is 5.75 Å². The summed E-state index contributed by atoms with van der Waals surface area (Å²) in [5.41, 5.74) is 5.54. The zero-order valence-corrected chi connectivity index (χ0v) is 24.7. The number of anilines is 2. The van der Waals surface area contributed by atoms with E-state index in [2.05, 4.69) is 15.8 Å². The fraction of sp³-hybridized carbons (Fsp3) is 0.129. The maximum Gasteiger partial charge on any atom is 0.264 e. The Morgan fingerprint density at radius 1 is 0.905 bits per heavy atom. The van der Waals surface area contributed by atoms with Gasteiger partial charge in [0.15, 0.2) is 0 Å². The fourth-order valence-corrected chi connectivity index (χ4v) is 5.63. The number of nitrogens with one attached hydrogen (secondary N) is 2. The van der Waals surface area contributed by atoms with Crippen molar-refractivity contribution in [3.05, 3.63) is 119 Å². The first kappa shape index (κ1) is 30.3. The van der Waals surface area contributed by atoms with Gasteiger partial charge in [0.25, 0.3) is 21.8 Å². The summed E-state index contributed by atoms with van der Waals surface area (Å²) in [7, 11) is -2.71. The Balaban J connectivity index is 1.53. The molecule has 2 amide bonds. The Bertz CT molecular complexity index is 1740. The fourth-order valence-electron chi connectivity index (χ4n) is 4.00. The zero-order valence-electron chi connectivity index (χ0n) is 23.2. The van der Waals surface area contributed by atoms with Crippen LogP contribution in [0.5, 0.6) is 5.75 Å². The van der Waals surface area contributed by atoms with E-state index < -0.39 is 22.5 Å². The van der Waals surface area contributed by atoms with Gasteiger partial charge in [0.1, 0.15) is 12.3 Å². The first-order valence-electron chi connectivity index (χ1n) is 12.8. The minimum Gasteiger partial charge on any atom is -0.495 e. The highest BCUT2D eigenvalue weighted by atomic mass is 35.5. The summed E-state index contributed by atoms with van der Waals surface area (Å²) in [6.07, 6.45) is 0. The van der Waals surface area contributed by atoms with Crippen LogP contribution in [0.1, 0.15) is 28.4 Å². The molecule has 0 aliphatic heterocycles. The number of rotatable bonds is 10. The second kappa shape index (κ2) is 13.3. The van der Waals surface area contributed by atoms with Gasteiger partial charge >= 0.3 is 0 Å². The number of hydrogen-bond acceptors (Lipinski definition) is 6. The number of aryl methyl sites for hydroxylation is 1. The van der Waals surface area contributed by atoms with E-state index >= 15 is 0 Å². The van der Waals surface area contributed by atoms with Gasteiger partial charge in [-0.1, -0.05) is 59.6 Å². The van der Waals surface area contributed by atoms with Crippen LogP contribution < -0.4 is 19.8 Å². The summed E-state index contributed by atoms with van der Waals surface area (Å²) < 4.78 is 33.7. The molecule has 0 unspecified atom stereocenters. The molecular weight excluding hydrogens is 576 g/mol. The number of hydrazone groups is 1. The van der Waals surface area contributed by atoms with E-state index in [1.54, 1.807) is 91.9 Å². The quantitative estimate of drug-likeness (QED) is 0.179. The number of carbonyl (C=O) groups is 2. The molecule has 0 fully saturated rings. The van der Waals surface area contributed by atoms with Crippen LogP contribution in [-0.2, 0) is 14.8 Å². The van der Waals surface area contributed by atoms with Crippen LogP contribution in [0.2, 0.25) is 5.02 Å². The second-order valence-electron chi connectivity index (χ2n) is 9.27. The molecule has 0 aliphatic carbocycles. The molecule has 2 N–H and O–H groups in total.